The molecule has 0 saturated carbocycles. The summed E-state index contributed by atoms with van der Waals surface area (Å²) in [4.78, 5) is 30.3. The van der Waals surface area contributed by atoms with Gasteiger partial charge < -0.3 is 15.2 Å². The lowest BCUT2D eigenvalue weighted by Gasteiger charge is -2.34. The van der Waals surface area contributed by atoms with E-state index >= 15 is 0 Å². The molecule has 2 aromatic rings. The van der Waals surface area contributed by atoms with Crippen molar-refractivity contribution < 1.29 is 9.59 Å². The van der Waals surface area contributed by atoms with Crippen molar-refractivity contribution in [2.75, 3.05) is 13.1 Å². The molecule has 1 fully saturated rings. The standard InChI is InChI=1S/C23H32ClN3O2/c1-22(2,3)14-23(4,5)26-21(29)16-10-20(28)27(13-16)9-8-15-12-25-19-7-6-17(24)11-18(15)19/h6-7,11-12,16,25H,8-10,13-14H2,1-5H3,(H,26,29). The zero-order valence-electron chi connectivity index (χ0n) is 18.1. The van der Waals surface area contributed by atoms with Gasteiger partial charge in [0.15, 0.2) is 0 Å². The van der Waals surface area contributed by atoms with E-state index in [0.29, 0.717) is 18.1 Å². The molecule has 1 aliphatic heterocycles. The number of carbonyl (C=O) groups excluding carboxylic acids is 2. The minimum Gasteiger partial charge on any atom is -0.361 e. The van der Waals surface area contributed by atoms with Gasteiger partial charge in [-0.15, -0.1) is 0 Å². The minimum absolute atomic E-state index is 0.0195. The summed E-state index contributed by atoms with van der Waals surface area (Å²) in [6.45, 7) is 11.7. The van der Waals surface area contributed by atoms with E-state index in [1.807, 2.05) is 43.1 Å². The average Bonchev–Trinajstić information content (AvgIpc) is 3.13. The Hall–Kier alpha value is -2.01. The van der Waals surface area contributed by atoms with Crippen LogP contribution in [0.1, 0.15) is 53.0 Å². The maximum absolute atomic E-state index is 12.8. The van der Waals surface area contributed by atoms with E-state index in [4.69, 9.17) is 11.6 Å². The van der Waals surface area contributed by atoms with Crippen molar-refractivity contribution in [2.45, 2.75) is 59.4 Å². The number of aromatic nitrogens is 1. The first kappa shape index (κ1) is 21.7. The number of amides is 2. The van der Waals surface area contributed by atoms with E-state index in [2.05, 4.69) is 31.1 Å². The molecule has 1 saturated heterocycles. The SMILES string of the molecule is CC(C)(C)CC(C)(C)NC(=O)C1CC(=O)N(CCc2c[nH]c3ccc(Cl)cc23)C1. The molecule has 0 radical (unpaired) electrons. The molecule has 29 heavy (non-hydrogen) atoms. The van der Waals surface area contributed by atoms with Crippen LogP contribution in [0, 0.1) is 11.3 Å². The molecule has 1 aliphatic rings. The number of benzene rings is 1. The smallest absolute Gasteiger partial charge is 0.225 e. The van der Waals surface area contributed by atoms with Crippen LogP contribution in [0.2, 0.25) is 5.02 Å². The predicted octanol–water partition coefficient (Wildman–Crippen LogP) is 4.54. The molecule has 5 nitrogen and oxygen atoms in total. The highest BCUT2D eigenvalue weighted by Crippen LogP contribution is 2.28. The Morgan fingerprint density at radius 2 is 2.00 bits per heavy atom. The minimum atomic E-state index is -0.297. The molecule has 1 aromatic carbocycles. The second-order valence-electron chi connectivity index (χ2n) is 10.1. The Kier molecular flexibility index (Phi) is 6.00. The molecule has 2 N–H and O–H groups in total. The summed E-state index contributed by atoms with van der Waals surface area (Å²) in [7, 11) is 0. The van der Waals surface area contributed by atoms with Gasteiger partial charge in [-0.2, -0.15) is 0 Å². The van der Waals surface area contributed by atoms with Gasteiger partial charge in [-0.3, -0.25) is 9.59 Å². The van der Waals surface area contributed by atoms with Gasteiger partial charge in [-0.25, -0.2) is 0 Å². The predicted molar refractivity (Wildman–Crippen MR) is 118 cm³/mol. The topological polar surface area (TPSA) is 65.2 Å². The van der Waals surface area contributed by atoms with Crippen molar-refractivity contribution in [3.63, 3.8) is 0 Å². The maximum Gasteiger partial charge on any atom is 0.225 e. The average molecular weight is 418 g/mol. The zero-order valence-corrected chi connectivity index (χ0v) is 18.8. The lowest BCUT2D eigenvalue weighted by atomic mass is 9.81. The lowest BCUT2D eigenvalue weighted by molar-refractivity contribution is -0.129. The van der Waals surface area contributed by atoms with Crippen LogP contribution in [0.4, 0.5) is 0 Å². The fourth-order valence-corrected chi connectivity index (χ4v) is 4.75. The van der Waals surface area contributed by atoms with E-state index in [0.717, 1.165) is 29.3 Å². The number of likely N-dealkylation sites (tertiary alicyclic amines) is 1. The molecule has 2 amide bonds. The lowest BCUT2D eigenvalue weighted by Crippen LogP contribution is -2.48. The van der Waals surface area contributed by atoms with Gasteiger partial charge in [0.1, 0.15) is 0 Å². The zero-order chi connectivity index (χ0) is 21.4. The number of hydrogen-bond donors (Lipinski definition) is 2. The largest absolute Gasteiger partial charge is 0.361 e. The Morgan fingerprint density at radius 1 is 1.28 bits per heavy atom. The normalized spacial score (nSPS) is 17.9. The second-order valence-corrected chi connectivity index (χ2v) is 10.5. The van der Waals surface area contributed by atoms with Crippen molar-refractivity contribution in [1.82, 2.24) is 15.2 Å². The van der Waals surface area contributed by atoms with Gasteiger partial charge in [0.2, 0.25) is 11.8 Å². The summed E-state index contributed by atoms with van der Waals surface area (Å²) >= 11 is 6.12. The molecular weight excluding hydrogens is 386 g/mol. The van der Waals surface area contributed by atoms with E-state index in [1.165, 1.54) is 0 Å². The summed E-state index contributed by atoms with van der Waals surface area (Å²) in [5.41, 5.74) is 2.00. The molecule has 1 unspecified atom stereocenters. The first-order chi connectivity index (χ1) is 13.4. The Bertz CT molecular complexity index is 910. The number of rotatable bonds is 6. The number of carbonyl (C=O) groups is 2. The first-order valence-electron chi connectivity index (χ1n) is 10.3. The number of halogens is 1. The highest BCUT2D eigenvalue weighted by molar-refractivity contribution is 6.31. The van der Waals surface area contributed by atoms with E-state index in [9.17, 15) is 9.59 Å². The third-order valence-corrected chi connectivity index (χ3v) is 5.63. The first-order valence-corrected chi connectivity index (χ1v) is 10.7. The van der Waals surface area contributed by atoms with Gasteiger partial charge in [-0.05, 0) is 55.9 Å². The molecule has 158 valence electrons. The number of H-pyrrole nitrogens is 1. The summed E-state index contributed by atoms with van der Waals surface area (Å²) in [5.74, 6) is -0.246. The van der Waals surface area contributed by atoms with Gasteiger partial charge in [-0.1, -0.05) is 32.4 Å². The molecular formula is C23H32ClN3O2. The summed E-state index contributed by atoms with van der Waals surface area (Å²) in [6, 6.07) is 5.77. The van der Waals surface area contributed by atoms with E-state index in [-0.39, 0.29) is 35.1 Å². The second kappa shape index (κ2) is 8.02. The monoisotopic (exact) mass is 417 g/mol. The van der Waals surface area contributed by atoms with Crippen LogP contribution >= 0.6 is 11.6 Å². The molecule has 1 atom stereocenters. The molecule has 1 aromatic heterocycles. The molecule has 0 aliphatic carbocycles. The van der Waals surface area contributed by atoms with Crippen molar-refractivity contribution in [1.29, 1.82) is 0 Å². The molecule has 0 bridgehead atoms. The van der Waals surface area contributed by atoms with Crippen molar-refractivity contribution in [3.8, 4) is 0 Å². The maximum atomic E-state index is 12.8. The van der Waals surface area contributed by atoms with Gasteiger partial charge in [0.25, 0.3) is 0 Å². The summed E-state index contributed by atoms with van der Waals surface area (Å²) in [6.07, 6.45) is 3.87. The molecule has 6 heteroatoms. The van der Waals surface area contributed by atoms with Crippen LogP contribution in [0.15, 0.2) is 24.4 Å². The van der Waals surface area contributed by atoms with Crippen molar-refractivity contribution >= 4 is 34.3 Å². The van der Waals surface area contributed by atoms with Gasteiger partial charge in [0.05, 0.1) is 5.92 Å². The fraction of sp³-hybridized carbons (Fsp3) is 0.565. The van der Waals surface area contributed by atoms with E-state index in [1.54, 1.807) is 0 Å². The fourth-order valence-electron chi connectivity index (χ4n) is 4.58. The third kappa shape index (κ3) is 5.53. The molecule has 3 rings (SSSR count). The van der Waals surface area contributed by atoms with Crippen LogP contribution in [0.25, 0.3) is 10.9 Å². The highest BCUT2D eigenvalue weighted by Gasteiger charge is 2.36. The highest BCUT2D eigenvalue weighted by atomic mass is 35.5. The molecule has 0 spiro atoms. The Morgan fingerprint density at radius 3 is 2.69 bits per heavy atom. The van der Waals surface area contributed by atoms with Crippen LogP contribution in [0.3, 0.4) is 0 Å². The summed E-state index contributed by atoms with van der Waals surface area (Å²) in [5, 5.41) is 4.94. The Labute approximate surface area is 178 Å². The van der Waals surface area contributed by atoms with E-state index < -0.39 is 0 Å². The van der Waals surface area contributed by atoms with Gasteiger partial charge in [0, 0.05) is 47.2 Å². The molecule has 2 heterocycles. The van der Waals surface area contributed by atoms with Crippen LogP contribution in [0.5, 0.6) is 0 Å². The van der Waals surface area contributed by atoms with Crippen LogP contribution < -0.4 is 5.32 Å². The number of fused-ring (bicyclic) bond motifs is 1. The number of hydrogen-bond acceptors (Lipinski definition) is 2. The number of nitrogens with one attached hydrogen (secondary N) is 2. The van der Waals surface area contributed by atoms with Crippen LogP contribution in [-0.4, -0.2) is 40.3 Å². The van der Waals surface area contributed by atoms with Gasteiger partial charge >= 0.3 is 0 Å². The number of nitrogens with zero attached hydrogens (tertiary/aromatic N) is 1. The van der Waals surface area contributed by atoms with Crippen molar-refractivity contribution in [2.24, 2.45) is 11.3 Å². The Balaban J connectivity index is 1.58. The number of aromatic amines is 1. The van der Waals surface area contributed by atoms with Crippen molar-refractivity contribution in [3.05, 3.63) is 35.0 Å². The summed E-state index contributed by atoms with van der Waals surface area (Å²) < 4.78 is 0. The third-order valence-electron chi connectivity index (χ3n) is 5.40. The quantitative estimate of drug-likeness (QED) is 0.724. The van der Waals surface area contributed by atoms with Crippen LogP contribution in [-0.2, 0) is 16.0 Å².